The number of nitro benzene ring substituents is 1. The van der Waals surface area contributed by atoms with Crippen molar-refractivity contribution in [3.05, 3.63) is 49.7 Å². The summed E-state index contributed by atoms with van der Waals surface area (Å²) < 4.78 is 2.48. The smallest absolute Gasteiger partial charge is 0.258 e. The number of nitro groups is 1. The van der Waals surface area contributed by atoms with Crippen LogP contribution < -0.4 is 0 Å². The standard InChI is InChI=1S/C12H12BrN3O2/c1-7-5-4-6-10(12(7)16(17)18)15-9(3)11(13)8(2)14-15/h4-6H,1-3H3. The first-order valence-electron chi connectivity index (χ1n) is 5.39. The quantitative estimate of drug-likeness (QED) is 0.630. The first-order valence-corrected chi connectivity index (χ1v) is 6.19. The van der Waals surface area contributed by atoms with E-state index < -0.39 is 0 Å². The molecule has 1 aromatic carbocycles. The van der Waals surface area contributed by atoms with Crippen LogP contribution in [0.3, 0.4) is 0 Å². The maximum atomic E-state index is 11.2. The van der Waals surface area contributed by atoms with E-state index in [4.69, 9.17) is 0 Å². The molecule has 0 saturated carbocycles. The second kappa shape index (κ2) is 4.53. The SMILES string of the molecule is Cc1cccc(-n2nc(C)c(Br)c2C)c1[N+](=O)[O-]. The van der Waals surface area contributed by atoms with Crippen LogP contribution in [0.25, 0.3) is 5.69 Å². The molecule has 0 aliphatic rings. The van der Waals surface area contributed by atoms with Gasteiger partial charge in [0, 0.05) is 5.56 Å². The zero-order valence-electron chi connectivity index (χ0n) is 10.3. The lowest BCUT2D eigenvalue weighted by Crippen LogP contribution is -2.05. The van der Waals surface area contributed by atoms with Crippen molar-refractivity contribution in [2.24, 2.45) is 0 Å². The Labute approximate surface area is 113 Å². The Kier molecular flexibility index (Phi) is 3.21. The van der Waals surface area contributed by atoms with Crippen molar-refractivity contribution in [3.63, 3.8) is 0 Å². The van der Waals surface area contributed by atoms with E-state index >= 15 is 0 Å². The summed E-state index contributed by atoms with van der Waals surface area (Å²) in [5.74, 6) is 0. The Morgan fingerprint density at radius 1 is 1.33 bits per heavy atom. The van der Waals surface area contributed by atoms with Gasteiger partial charge in [0.05, 0.1) is 20.8 Å². The largest absolute Gasteiger partial charge is 0.297 e. The molecule has 6 heteroatoms. The number of halogens is 1. The molecule has 0 spiro atoms. The maximum Gasteiger partial charge on any atom is 0.297 e. The molecule has 0 radical (unpaired) electrons. The van der Waals surface area contributed by atoms with Crippen LogP contribution in [0.4, 0.5) is 5.69 Å². The normalized spacial score (nSPS) is 10.7. The predicted octanol–water partition coefficient (Wildman–Crippen LogP) is 3.47. The highest BCUT2D eigenvalue weighted by atomic mass is 79.9. The average Bonchev–Trinajstić information content (AvgIpc) is 2.56. The molecule has 2 aromatic rings. The first kappa shape index (κ1) is 12.8. The minimum absolute atomic E-state index is 0.0931. The van der Waals surface area contributed by atoms with Crippen molar-refractivity contribution >= 4 is 21.6 Å². The second-order valence-electron chi connectivity index (χ2n) is 4.10. The topological polar surface area (TPSA) is 61.0 Å². The fraction of sp³-hybridized carbons (Fsp3) is 0.250. The highest BCUT2D eigenvalue weighted by Crippen LogP contribution is 2.30. The van der Waals surface area contributed by atoms with Gasteiger partial charge in [-0.25, -0.2) is 4.68 Å². The number of hydrogen-bond donors (Lipinski definition) is 0. The molecule has 0 N–H and O–H groups in total. The van der Waals surface area contributed by atoms with Crippen LogP contribution in [-0.4, -0.2) is 14.7 Å². The van der Waals surface area contributed by atoms with Gasteiger partial charge in [0.2, 0.25) is 0 Å². The lowest BCUT2D eigenvalue weighted by Gasteiger charge is -2.07. The number of nitrogens with zero attached hydrogens (tertiary/aromatic N) is 3. The van der Waals surface area contributed by atoms with Gasteiger partial charge in [0.1, 0.15) is 5.69 Å². The number of aromatic nitrogens is 2. The van der Waals surface area contributed by atoms with E-state index in [9.17, 15) is 10.1 Å². The number of aryl methyl sites for hydroxylation is 2. The van der Waals surface area contributed by atoms with Crippen LogP contribution in [0, 0.1) is 30.9 Å². The van der Waals surface area contributed by atoms with E-state index in [1.54, 1.807) is 29.8 Å². The highest BCUT2D eigenvalue weighted by Gasteiger charge is 2.21. The number of benzene rings is 1. The third-order valence-electron chi connectivity index (χ3n) is 2.83. The van der Waals surface area contributed by atoms with Crippen molar-refractivity contribution in [1.82, 2.24) is 9.78 Å². The fourth-order valence-electron chi connectivity index (χ4n) is 1.91. The second-order valence-corrected chi connectivity index (χ2v) is 4.89. The van der Waals surface area contributed by atoms with Gasteiger partial charge in [0.15, 0.2) is 0 Å². The molecule has 0 saturated heterocycles. The zero-order chi connectivity index (χ0) is 13.4. The molecule has 0 unspecified atom stereocenters. The van der Waals surface area contributed by atoms with Crippen LogP contribution in [0.1, 0.15) is 17.0 Å². The zero-order valence-corrected chi connectivity index (χ0v) is 11.9. The number of rotatable bonds is 2. The van der Waals surface area contributed by atoms with Gasteiger partial charge >= 0.3 is 0 Å². The molecule has 0 amide bonds. The Morgan fingerprint density at radius 3 is 2.50 bits per heavy atom. The fourth-order valence-corrected chi connectivity index (χ4v) is 2.16. The lowest BCUT2D eigenvalue weighted by atomic mass is 10.1. The summed E-state index contributed by atoms with van der Waals surface area (Å²) in [5, 5.41) is 15.5. The molecule has 0 atom stereocenters. The Morgan fingerprint density at radius 2 is 2.00 bits per heavy atom. The molecule has 1 aromatic heterocycles. The highest BCUT2D eigenvalue weighted by molar-refractivity contribution is 9.10. The molecular weight excluding hydrogens is 298 g/mol. The Balaban J connectivity index is 2.75. The molecule has 2 rings (SSSR count). The summed E-state index contributed by atoms with van der Waals surface area (Å²) in [7, 11) is 0. The van der Waals surface area contributed by atoms with Crippen molar-refractivity contribution in [2.75, 3.05) is 0 Å². The summed E-state index contributed by atoms with van der Waals surface area (Å²) >= 11 is 3.42. The van der Waals surface area contributed by atoms with E-state index in [1.165, 1.54) is 0 Å². The van der Waals surface area contributed by atoms with E-state index in [-0.39, 0.29) is 10.6 Å². The van der Waals surface area contributed by atoms with E-state index in [2.05, 4.69) is 21.0 Å². The van der Waals surface area contributed by atoms with Gasteiger partial charge in [0.25, 0.3) is 5.69 Å². The van der Waals surface area contributed by atoms with Crippen molar-refractivity contribution in [3.8, 4) is 5.69 Å². The average molecular weight is 310 g/mol. The van der Waals surface area contributed by atoms with Gasteiger partial charge in [-0.15, -0.1) is 0 Å². The van der Waals surface area contributed by atoms with Crippen molar-refractivity contribution < 1.29 is 4.92 Å². The van der Waals surface area contributed by atoms with Gasteiger partial charge < -0.3 is 0 Å². The number of para-hydroxylation sites is 1. The van der Waals surface area contributed by atoms with Crippen LogP contribution >= 0.6 is 15.9 Å². The summed E-state index contributed by atoms with van der Waals surface area (Å²) in [5.41, 5.74) is 2.87. The predicted molar refractivity (Wildman–Crippen MR) is 72.1 cm³/mol. The summed E-state index contributed by atoms with van der Waals surface area (Å²) in [4.78, 5) is 10.8. The lowest BCUT2D eigenvalue weighted by molar-refractivity contribution is -0.385. The molecule has 94 valence electrons. The summed E-state index contributed by atoms with van der Waals surface area (Å²) in [6.07, 6.45) is 0. The molecule has 0 aliphatic heterocycles. The van der Waals surface area contributed by atoms with Gasteiger partial charge in [-0.1, -0.05) is 12.1 Å². The Hall–Kier alpha value is -1.69. The molecule has 0 aliphatic carbocycles. The molecule has 0 bridgehead atoms. The third-order valence-corrected chi connectivity index (χ3v) is 3.98. The molecule has 18 heavy (non-hydrogen) atoms. The van der Waals surface area contributed by atoms with Crippen LogP contribution in [0.2, 0.25) is 0 Å². The van der Waals surface area contributed by atoms with Crippen LogP contribution in [0.15, 0.2) is 22.7 Å². The molecular formula is C12H12BrN3O2. The van der Waals surface area contributed by atoms with E-state index in [0.29, 0.717) is 11.3 Å². The van der Waals surface area contributed by atoms with E-state index in [1.807, 2.05) is 13.8 Å². The number of hydrogen-bond acceptors (Lipinski definition) is 3. The monoisotopic (exact) mass is 309 g/mol. The first-order chi connectivity index (χ1) is 8.43. The summed E-state index contributed by atoms with van der Waals surface area (Å²) in [6, 6.07) is 5.22. The Bertz CT molecular complexity index is 634. The minimum Gasteiger partial charge on any atom is -0.258 e. The maximum absolute atomic E-state index is 11.2. The van der Waals surface area contributed by atoms with Gasteiger partial charge in [-0.3, -0.25) is 10.1 Å². The summed E-state index contributed by atoms with van der Waals surface area (Å²) in [6.45, 7) is 5.45. The third kappa shape index (κ3) is 1.92. The van der Waals surface area contributed by atoms with Crippen LogP contribution in [-0.2, 0) is 0 Å². The van der Waals surface area contributed by atoms with Gasteiger partial charge in [-0.05, 0) is 42.8 Å². The van der Waals surface area contributed by atoms with Crippen LogP contribution in [0.5, 0.6) is 0 Å². The molecule has 5 nitrogen and oxygen atoms in total. The van der Waals surface area contributed by atoms with Crippen molar-refractivity contribution in [2.45, 2.75) is 20.8 Å². The van der Waals surface area contributed by atoms with E-state index in [0.717, 1.165) is 15.9 Å². The molecule has 1 heterocycles. The minimum atomic E-state index is -0.366. The molecule has 0 fully saturated rings. The van der Waals surface area contributed by atoms with Gasteiger partial charge in [-0.2, -0.15) is 5.10 Å². The van der Waals surface area contributed by atoms with Crippen molar-refractivity contribution in [1.29, 1.82) is 0 Å².